The summed E-state index contributed by atoms with van der Waals surface area (Å²) in [6.45, 7) is 14.7. The fourth-order valence-electron chi connectivity index (χ4n) is 5.90. The minimum atomic E-state index is 0.420. The molecule has 1 aromatic carbocycles. The smallest absolute Gasteiger partial charge is 0.0589 e. The molecule has 1 aromatic rings. The molecule has 3 fully saturated rings. The number of ether oxygens (including phenoxy) is 1. The van der Waals surface area contributed by atoms with Crippen LogP contribution in [0.2, 0.25) is 5.02 Å². The van der Waals surface area contributed by atoms with E-state index in [2.05, 4.69) is 44.7 Å². The fraction of sp³-hybridized carbons (Fsp3) is 0.769. The van der Waals surface area contributed by atoms with Crippen molar-refractivity contribution in [1.29, 1.82) is 0 Å². The number of aryl methyl sites for hydroxylation is 1. The molecule has 0 amide bonds. The summed E-state index contributed by atoms with van der Waals surface area (Å²) in [5, 5.41) is 0.868. The number of halogens is 1. The molecule has 0 spiro atoms. The summed E-state index contributed by atoms with van der Waals surface area (Å²) in [5.41, 5.74) is 2.65. The van der Waals surface area contributed by atoms with E-state index in [9.17, 15) is 0 Å². The summed E-state index contributed by atoms with van der Waals surface area (Å²) in [5.74, 6) is 0. The molecule has 1 unspecified atom stereocenters. The van der Waals surface area contributed by atoms with E-state index in [-0.39, 0.29) is 0 Å². The summed E-state index contributed by atoms with van der Waals surface area (Å²) < 4.78 is 5.29. The zero-order chi connectivity index (χ0) is 22.3. The number of methoxy groups -OCH3 is 1. The average molecular weight is 463 g/mol. The van der Waals surface area contributed by atoms with E-state index in [0.717, 1.165) is 56.9 Å². The first-order valence-electron chi connectivity index (χ1n) is 12.8. The molecule has 1 atom stereocenters. The molecular formula is C26H43ClN4O. The highest BCUT2D eigenvalue weighted by molar-refractivity contribution is 6.30. The molecule has 3 heterocycles. The van der Waals surface area contributed by atoms with Crippen LogP contribution in [0, 0.1) is 6.92 Å². The quantitative estimate of drug-likeness (QED) is 0.582. The number of benzene rings is 1. The lowest BCUT2D eigenvalue weighted by Crippen LogP contribution is -2.52. The molecule has 0 N–H and O–H groups in total. The molecule has 6 heteroatoms. The van der Waals surface area contributed by atoms with Gasteiger partial charge in [0, 0.05) is 63.5 Å². The van der Waals surface area contributed by atoms with Gasteiger partial charge in [-0.3, -0.25) is 9.80 Å². The molecule has 0 aliphatic carbocycles. The van der Waals surface area contributed by atoms with Crippen LogP contribution in [0.15, 0.2) is 18.2 Å². The van der Waals surface area contributed by atoms with Gasteiger partial charge in [-0.05, 0) is 82.0 Å². The molecule has 3 saturated heterocycles. The molecule has 0 bridgehead atoms. The first kappa shape index (κ1) is 24.4. The number of nitrogens with zero attached hydrogens (tertiary/aromatic N) is 4. The van der Waals surface area contributed by atoms with Gasteiger partial charge in [-0.25, -0.2) is 0 Å². The lowest BCUT2D eigenvalue weighted by Gasteiger charge is -2.44. The maximum Gasteiger partial charge on any atom is 0.0589 e. The van der Waals surface area contributed by atoms with Crippen LogP contribution in [-0.4, -0.2) is 105 Å². The van der Waals surface area contributed by atoms with E-state index >= 15 is 0 Å². The number of hydrogen-bond donors (Lipinski definition) is 0. The van der Waals surface area contributed by atoms with Gasteiger partial charge in [-0.1, -0.05) is 24.1 Å². The SMILES string of the molecule is COCCN1CCN(C(CN2CCC(N3CCCCC3)CC2)c2cc(C)cc(Cl)c2)CC1. The van der Waals surface area contributed by atoms with Crippen molar-refractivity contribution in [2.75, 3.05) is 79.2 Å². The van der Waals surface area contributed by atoms with Crippen LogP contribution in [-0.2, 0) is 4.74 Å². The van der Waals surface area contributed by atoms with E-state index in [1.807, 2.05) is 0 Å². The van der Waals surface area contributed by atoms with Crippen molar-refractivity contribution in [1.82, 2.24) is 19.6 Å². The summed E-state index contributed by atoms with van der Waals surface area (Å²) >= 11 is 6.50. The Morgan fingerprint density at radius 2 is 1.62 bits per heavy atom. The van der Waals surface area contributed by atoms with Crippen molar-refractivity contribution >= 4 is 11.6 Å². The second-order valence-corrected chi connectivity index (χ2v) is 10.5. The first-order valence-corrected chi connectivity index (χ1v) is 13.2. The predicted octanol–water partition coefficient (Wildman–Crippen LogP) is 3.90. The van der Waals surface area contributed by atoms with Gasteiger partial charge in [-0.15, -0.1) is 0 Å². The number of piperazine rings is 1. The van der Waals surface area contributed by atoms with Crippen LogP contribution in [0.25, 0.3) is 0 Å². The molecular weight excluding hydrogens is 420 g/mol. The van der Waals surface area contributed by atoms with Gasteiger partial charge in [0.25, 0.3) is 0 Å². The van der Waals surface area contributed by atoms with Gasteiger partial charge in [0.15, 0.2) is 0 Å². The Balaban J connectivity index is 1.39. The van der Waals surface area contributed by atoms with E-state index in [1.165, 1.54) is 69.4 Å². The van der Waals surface area contributed by atoms with Crippen LogP contribution >= 0.6 is 11.6 Å². The highest BCUT2D eigenvalue weighted by Gasteiger charge is 2.30. The van der Waals surface area contributed by atoms with Crippen LogP contribution in [0.5, 0.6) is 0 Å². The van der Waals surface area contributed by atoms with Gasteiger partial charge in [-0.2, -0.15) is 0 Å². The van der Waals surface area contributed by atoms with Crippen molar-refractivity contribution in [2.45, 2.75) is 51.1 Å². The minimum absolute atomic E-state index is 0.420. The van der Waals surface area contributed by atoms with Crippen LogP contribution in [0.3, 0.4) is 0 Å². The largest absolute Gasteiger partial charge is 0.383 e. The predicted molar refractivity (Wildman–Crippen MR) is 134 cm³/mol. The zero-order valence-electron chi connectivity index (χ0n) is 20.3. The normalized spacial score (nSPS) is 24.1. The van der Waals surface area contributed by atoms with Crippen molar-refractivity contribution in [3.05, 3.63) is 34.3 Å². The topological polar surface area (TPSA) is 22.2 Å². The van der Waals surface area contributed by atoms with Gasteiger partial charge < -0.3 is 14.5 Å². The third kappa shape index (κ3) is 6.68. The van der Waals surface area contributed by atoms with Crippen molar-refractivity contribution in [2.24, 2.45) is 0 Å². The van der Waals surface area contributed by atoms with E-state index in [4.69, 9.17) is 16.3 Å². The minimum Gasteiger partial charge on any atom is -0.383 e. The molecule has 5 nitrogen and oxygen atoms in total. The second kappa shape index (κ2) is 12.1. The van der Waals surface area contributed by atoms with Crippen molar-refractivity contribution in [3.63, 3.8) is 0 Å². The lowest BCUT2D eigenvalue weighted by molar-refractivity contribution is 0.0445. The Morgan fingerprint density at radius 3 is 2.28 bits per heavy atom. The number of likely N-dealkylation sites (tertiary alicyclic amines) is 2. The van der Waals surface area contributed by atoms with Gasteiger partial charge in [0.1, 0.15) is 0 Å². The molecule has 32 heavy (non-hydrogen) atoms. The van der Waals surface area contributed by atoms with Crippen LogP contribution < -0.4 is 0 Å². The van der Waals surface area contributed by atoms with Crippen LogP contribution in [0.4, 0.5) is 0 Å². The van der Waals surface area contributed by atoms with Gasteiger partial charge >= 0.3 is 0 Å². The first-order chi connectivity index (χ1) is 15.6. The van der Waals surface area contributed by atoms with E-state index in [1.54, 1.807) is 7.11 Å². The Morgan fingerprint density at radius 1 is 0.906 bits per heavy atom. The number of hydrogen-bond acceptors (Lipinski definition) is 5. The molecule has 0 radical (unpaired) electrons. The molecule has 180 valence electrons. The third-order valence-corrected chi connectivity index (χ3v) is 8.02. The molecule has 3 aliphatic rings. The van der Waals surface area contributed by atoms with Crippen LogP contribution in [0.1, 0.15) is 49.3 Å². The standard InChI is InChI=1S/C26H43ClN4O/c1-22-18-23(20-24(27)19-22)26(31-14-12-28(13-15-31)16-17-32-2)21-29-10-6-25(7-11-29)30-8-4-3-5-9-30/h18-20,25-26H,3-17,21H2,1-2H3. The van der Waals surface area contributed by atoms with Crippen molar-refractivity contribution < 1.29 is 4.74 Å². The monoisotopic (exact) mass is 462 g/mol. The van der Waals surface area contributed by atoms with E-state index < -0.39 is 0 Å². The molecule has 0 saturated carbocycles. The Kier molecular flexibility index (Phi) is 9.27. The highest BCUT2D eigenvalue weighted by atomic mass is 35.5. The molecule has 0 aromatic heterocycles. The molecule has 4 rings (SSSR count). The Labute approximate surface area is 200 Å². The third-order valence-electron chi connectivity index (χ3n) is 7.80. The Hall–Kier alpha value is -0.690. The number of rotatable bonds is 8. The highest BCUT2D eigenvalue weighted by Crippen LogP contribution is 2.29. The second-order valence-electron chi connectivity index (χ2n) is 10.1. The van der Waals surface area contributed by atoms with Gasteiger partial charge in [0.05, 0.1) is 6.61 Å². The zero-order valence-corrected chi connectivity index (χ0v) is 21.0. The summed E-state index contributed by atoms with van der Waals surface area (Å²) in [6, 6.07) is 7.87. The van der Waals surface area contributed by atoms with Gasteiger partial charge in [0.2, 0.25) is 0 Å². The summed E-state index contributed by atoms with van der Waals surface area (Å²) in [6.07, 6.45) is 6.87. The lowest BCUT2D eigenvalue weighted by atomic mass is 9.97. The molecule has 3 aliphatic heterocycles. The van der Waals surface area contributed by atoms with Crippen molar-refractivity contribution in [3.8, 4) is 0 Å². The maximum absolute atomic E-state index is 6.50. The van der Waals surface area contributed by atoms with E-state index in [0.29, 0.717) is 6.04 Å². The summed E-state index contributed by atoms with van der Waals surface area (Å²) in [7, 11) is 1.79. The average Bonchev–Trinajstić information content (AvgIpc) is 2.82. The number of piperidine rings is 2. The fourth-order valence-corrected chi connectivity index (χ4v) is 6.20. The maximum atomic E-state index is 6.50. The Bertz CT molecular complexity index is 675. The summed E-state index contributed by atoms with van der Waals surface area (Å²) in [4.78, 5) is 10.7.